The second kappa shape index (κ2) is 5.65. The molecule has 1 aliphatic carbocycles. The van der Waals surface area contributed by atoms with Crippen LogP contribution < -0.4 is 26.0 Å². The third-order valence-corrected chi connectivity index (χ3v) is 5.14. The first-order valence-electron chi connectivity index (χ1n) is 8.54. The number of aliphatic imine (C=N–C) groups is 2. The third kappa shape index (κ3) is 2.40. The van der Waals surface area contributed by atoms with E-state index >= 15 is 0 Å². The number of hydrogen-bond acceptors (Lipinski definition) is 7. The number of benzene rings is 1. The van der Waals surface area contributed by atoms with E-state index in [9.17, 15) is 4.79 Å². The number of guanidine groups is 2. The van der Waals surface area contributed by atoms with Crippen LogP contribution in [0.15, 0.2) is 28.2 Å². The summed E-state index contributed by atoms with van der Waals surface area (Å²) in [7, 11) is 1.74. The van der Waals surface area contributed by atoms with Gasteiger partial charge in [0.05, 0.1) is 11.4 Å². The van der Waals surface area contributed by atoms with E-state index in [1.54, 1.807) is 11.9 Å². The Morgan fingerprint density at radius 2 is 1.88 bits per heavy atom. The summed E-state index contributed by atoms with van der Waals surface area (Å²) in [5, 5.41) is 0. The number of para-hydroxylation sites is 1. The number of fused-ring (bicyclic) bond motifs is 1. The summed E-state index contributed by atoms with van der Waals surface area (Å²) >= 11 is 0. The fourth-order valence-electron chi connectivity index (χ4n) is 3.94. The Morgan fingerprint density at radius 3 is 2.64 bits per heavy atom. The van der Waals surface area contributed by atoms with E-state index in [4.69, 9.17) is 16.2 Å². The first kappa shape index (κ1) is 15.7. The molecule has 1 spiro atoms. The standard InChI is InChI=1S/C17H22N6O2/c1-22-11-6-5-7-12(14(11)25-10-13(22)24)23-16(19)20-15(18)21-17(23)8-3-2-4-9-17/h5-7H,2-4,8-10H2,1H3,(H4,18,19,20,21). The van der Waals surface area contributed by atoms with Crippen molar-refractivity contribution in [2.45, 2.75) is 37.8 Å². The van der Waals surface area contributed by atoms with Crippen molar-refractivity contribution in [3.8, 4) is 5.75 Å². The Morgan fingerprint density at radius 1 is 1.16 bits per heavy atom. The Bertz CT molecular complexity index is 781. The normalized spacial score (nSPS) is 22.2. The van der Waals surface area contributed by atoms with Crippen LogP contribution in [-0.4, -0.2) is 37.1 Å². The van der Waals surface area contributed by atoms with Crippen molar-refractivity contribution >= 4 is 29.2 Å². The lowest BCUT2D eigenvalue weighted by molar-refractivity contribution is -0.120. The lowest BCUT2D eigenvalue weighted by atomic mass is 9.87. The van der Waals surface area contributed by atoms with Gasteiger partial charge in [-0.1, -0.05) is 12.5 Å². The summed E-state index contributed by atoms with van der Waals surface area (Å²) < 4.78 is 5.78. The van der Waals surface area contributed by atoms with Gasteiger partial charge in [-0.15, -0.1) is 0 Å². The number of nitrogens with zero attached hydrogens (tertiary/aromatic N) is 4. The zero-order chi connectivity index (χ0) is 17.6. The number of likely N-dealkylation sites (N-methyl/N-ethyl adjacent to an activating group) is 1. The zero-order valence-electron chi connectivity index (χ0n) is 14.2. The summed E-state index contributed by atoms with van der Waals surface area (Å²) in [6.07, 6.45) is 4.97. The van der Waals surface area contributed by atoms with E-state index in [0.717, 1.165) is 37.1 Å². The first-order valence-corrected chi connectivity index (χ1v) is 8.54. The van der Waals surface area contributed by atoms with E-state index in [1.807, 2.05) is 23.1 Å². The van der Waals surface area contributed by atoms with Crippen LogP contribution >= 0.6 is 0 Å². The third-order valence-electron chi connectivity index (χ3n) is 5.14. The van der Waals surface area contributed by atoms with Gasteiger partial charge >= 0.3 is 0 Å². The predicted molar refractivity (Wildman–Crippen MR) is 96.9 cm³/mol. The molecule has 132 valence electrons. The molecule has 8 nitrogen and oxygen atoms in total. The van der Waals surface area contributed by atoms with E-state index < -0.39 is 5.66 Å². The monoisotopic (exact) mass is 342 g/mol. The van der Waals surface area contributed by atoms with Gasteiger partial charge in [0.2, 0.25) is 11.9 Å². The molecule has 0 unspecified atom stereocenters. The number of carbonyl (C=O) groups excluding carboxylic acids is 1. The Balaban J connectivity index is 1.86. The molecule has 1 amide bonds. The van der Waals surface area contributed by atoms with Crippen LogP contribution in [0.5, 0.6) is 5.75 Å². The van der Waals surface area contributed by atoms with Crippen molar-refractivity contribution < 1.29 is 9.53 Å². The number of hydrogen-bond donors (Lipinski definition) is 2. The molecular formula is C17H22N6O2. The molecule has 1 aromatic carbocycles. The van der Waals surface area contributed by atoms with Crippen molar-refractivity contribution in [1.29, 1.82) is 0 Å². The average Bonchev–Trinajstić information content (AvgIpc) is 2.58. The fraction of sp³-hybridized carbons (Fsp3) is 0.471. The van der Waals surface area contributed by atoms with E-state index in [2.05, 4.69) is 9.98 Å². The molecule has 2 heterocycles. The van der Waals surface area contributed by atoms with Gasteiger partial charge in [-0.05, 0) is 37.8 Å². The lowest BCUT2D eigenvalue weighted by Gasteiger charge is -2.46. The van der Waals surface area contributed by atoms with E-state index in [-0.39, 0.29) is 18.5 Å². The van der Waals surface area contributed by atoms with Crippen molar-refractivity contribution in [1.82, 2.24) is 0 Å². The molecule has 1 saturated carbocycles. The van der Waals surface area contributed by atoms with Gasteiger partial charge in [0.1, 0.15) is 5.66 Å². The molecule has 8 heteroatoms. The van der Waals surface area contributed by atoms with Crippen molar-refractivity contribution in [3.63, 3.8) is 0 Å². The van der Waals surface area contributed by atoms with E-state index in [0.29, 0.717) is 11.7 Å². The van der Waals surface area contributed by atoms with Crippen LogP contribution in [0.1, 0.15) is 32.1 Å². The van der Waals surface area contributed by atoms with Gasteiger partial charge in [0.25, 0.3) is 5.91 Å². The lowest BCUT2D eigenvalue weighted by Crippen LogP contribution is -2.58. The molecule has 2 aliphatic heterocycles. The smallest absolute Gasteiger partial charge is 0.264 e. The fourth-order valence-corrected chi connectivity index (χ4v) is 3.94. The van der Waals surface area contributed by atoms with Crippen LogP contribution in [0.3, 0.4) is 0 Å². The summed E-state index contributed by atoms with van der Waals surface area (Å²) in [6.45, 7) is 0.00378. The highest BCUT2D eigenvalue weighted by Gasteiger charge is 2.44. The van der Waals surface area contributed by atoms with Gasteiger partial charge in [0.15, 0.2) is 12.4 Å². The van der Waals surface area contributed by atoms with Gasteiger partial charge in [-0.2, -0.15) is 4.99 Å². The van der Waals surface area contributed by atoms with Gasteiger partial charge in [-0.3, -0.25) is 9.69 Å². The van der Waals surface area contributed by atoms with Gasteiger partial charge < -0.3 is 21.1 Å². The summed E-state index contributed by atoms with van der Waals surface area (Å²) in [6, 6.07) is 5.68. The number of ether oxygens (including phenoxy) is 1. The molecule has 4 rings (SSSR count). The van der Waals surface area contributed by atoms with Crippen LogP contribution in [0.25, 0.3) is 0 Å². The number of carbonyl (C=O) groups is 1. The molecule has 0 aromatic heterocycles. The molecular weight excluding hydrogens is 320 g/mol. The summed E-state index contributed by atoms with van der Waals surface area (Å²) in [5.74, 6) is 1.07. The highest BCUT2D eigenvalue weighted by atomic mass is 16.5. The molecule has 1 aromatic rings. The maximum atomic E-state index is 11.9. The highest BCUT2D eigenvalue weighted by Crippen LogP contribution is 2.46. The van der Waals surface area contributed by atoms with Crippen LogP contribution in [0, 0.1) is 0 Å². The van der Waals surface area contributed by atoms with E-state index in [1.165, 1.54) is 6.42 Å². The van der Waals surface area contributed by atoms with Crippen molar-refractivity contribution in [3.05, 3.63) is 18.2 Å². The van der Waals surface area contributed by atoms with Crippen molar-refractivity contribution in [2.75, 3.05) is 23.5 Å². The quantitative estimate of drug-likeness (QED) is 0.795. The summed E-state index contributed by atoms with van der Waals surface area (Å²) in [5.41, 5.74) is 13.2. The minimum Gasteiger partial charge on any atom is -0.479 e. The van der Waals surface area contributed by atoms with Crippen LogP contribution in [-0.2, 0) is 4.79 Å². The van der Waals surface area contributed by atoms with Gasteiger partial charge in [0, 0.05) is 7.05 Å². The number of amides is 1. The molecule has 0 saturated heterocycles. The molecule has 0 atom stereocenters. The maximum Gasteiger partial charge on any atom is 0.264 e. The second-order valence-electron chi connectivity index (χ2n) is 6.69. The van der Waals surface area contributed by atoms with Gasteiger partial charge in [-0.25, -0.2) is 4.99 Å². The van der Waals surface area contributed by atoms with Crippen LogP contribution in [0.2, 0.25) is 0 Å². The average molecular weight is 342 g/mol. The molecule has 0 bridgehead atoms. The van der Waals surface area contributed by atoms with Crippen molar-refractivity contribution in [2.24, 2.45) is 21.5 Å². The highest BCUT2D eigenvalue weighted by molar-refractivity contribution is 6.08. The summed E-state index contributed by atoms with van der Waals surface area (Å²) in [4.78, 5) is 24.4. The second-order valence-corrected chi connectivity index (χ2v) is 6.69. The maximum absolute atomic E-state index is 11.9. The first-order chi connectivity index (χ1) is 12.0. The number of rotatable bonds is 1. The molecule has 0 radical (unpaired) electrons. The number of anilines is 2. The molecule has 25 heavy (non-hydrogen) atoms. The zero-order valence-corrected chi connectivity index (χ0v) is 14.2. The Hall–Kier alpha value is -2.77. The largest absolute Gasteiger partial charge is 0.479 e. The SMILES string of the molecule is CN1C(=O)COc2c1cccc2N1C(N)=NC(N)=NC12CCCCC2. The molecule has 3 aliphatic rings. The Labute approximate surface area is 146 Å². The Kier molecular flexibility index (Phi) is 3.55. The number of nitrogens with two attached hydrogens (primary N) is 2. The molecule has 1 fully saturated rings. The van der Waals surface area contributed by atoms with Crippen LogP contribution in [0.4, 0.5) is 11.4 Å². The topological polar surface area (TPSA) is 110 Å². The molecule has 4 N–H and O–H groups in total. The minimum absolute atomic E-state index is 0.00378. The predicted octanol–water partition coefficient (Wildman–Crippen LogP) is 1.15. The minimum atomic E-state index is -0.535.